The summed E-state index contributed by atoms with van der Waals surface area (Å²) in [7, 11) is 0. The Balaban J connectivity index is 1.56. The molecule has 2 N–H and O–H groups in total. The summed E-state index contributed by atoms with van der Waals surface area (Å²) in [5, 5.41) is 5.62. The molecule has 1 atom stereocenters. The zero-order chi connectivity index (χ0) is 20.6. The summed E-state index contributed by atoms with van der Waals surface area (Å²) in [6.45, 7) is 1.10. The average Bonchev–Trinajstić information content (AvgIpc) is 3.41. The van der Waals surface area contributed by atoms with Crippen molar-refractivity contribution >= 4 is 35.2 Å². The highest BCUT2D eigenvalue weighted by atomic mass is 32.2. The average molecular weight is 416 g/mol. The minimum Gasteiger partial charge on any atom is -0.459 e. The minimum absolute atomic E-state index is 0.148. The molecule has 2 heterocycles. The van der Waals surface area contributed by atoms with Gasteiger partial charge in [0.05, 0.1) is 6.26 Å². The van der Waals surface area contributed by atoms with Crippen LogP contribution in [0.25, 0.3) is 0 Å². The predicted octanol–water partition coefficient (Wildman–Crippen LogP) is 2.57. The van der Waals surface area contributed by atoms with Crippen LogP contribution in [-0.4, -0.2) is 42.3 Å². The van der Waals surface area contributed by atoms with Crippen molar-refractivity contribution in [2.75, 3.05) is 23.5 Å². The second-order valence-corrected chi connectivity index (χ2v) is 7.80. The lowest BCUT2D eigenvalue weighted by atomic mass is 10.1. The van der Waals surface area contributed by atoms with Crippen LogP contribution in [0.2, 0.25) is 0 Å². The number of nitrogens with zero attached hydrogens (tertiary/aromatic N) is 1. The fraction of sp³-hybridized carbons (Fsp3) is 0.381. The second kappa shape index (κ2) is 10.2. The molecule has 1 aliphatic rings. The zero-order valence-electron chi connectivity index (χ0n) is 16.3. The normalized spacial score (nSPS) is 14.7. The molecular formula is C21H25N3O4S. The van der Waals surface area contributed by atoms with E-state index in [0.717, 1.165) is 30.0 Å². The number of carbonyl (C=O) groups is 3. The Hall–Kier alpha value is -2.74. The van der Waals surface area contributed by atoms with E-state index in [1.165, 1.54) is 6.26 Å². The fourth-order valence-corrected chi connectivity index (χ4v) is 3.64. The first-order chi connectivity index (χ1) is 14.1. The van der Waals surface area contributed by atoms with Crippen molar-refractivity contribution in [3.63, 3.8) is 0 Å². The van der Waals surface area contributed by atoms with Crippen molar-refractivity contribution in [2.24, 2.45) is 0 Å². The molecule has 1 fully saturated rings. The molecule has 3 amide bonds. The fourth-order valence-electron chi connectivity index (χ4n) is 3.17. The number of anilines is 1. The van der Waals surface area contributed by atoms with Crippen LogP contribution in [0, 0.1) is 0 Å². The van der Waals surface area contributed by atoms with Gasteiger partial charge in [-0.1, -0.05) is 12.1 Å². The summed E-state index contributed by atoms with van der Waals surface area (Å²) in [6.07, 6.45) is 5.38. The van der Waals surface area contributed by atoms with Gasteiger partial charge < -0.3 is 20.0 Å². The summed E-state index contributed by atoms with van der Waals surface area (Å²) in [6, 6.07) is 10.2. The van der Waals surface area contributed by atoms with Gasteiger partial charge in [0.15, 0.2) is 5.76 Å². The molecule has 0 spiro atoms. The van der Waals surface area contributed by atoms with E-state index in [1.807, 2.05) is 30.5 Å². The Morgan fingerprint density at radius 1 is 1.24 bits per heavy atom. The van der Waals surface area contributed by atoms with Crippen molar-refractivity contribution < 1.29 is 18.8 Å². The van der Waals surface area contributed by atoms with Crippen LogP contribution in [-0.2, 0) is 16.1 Å². The van der Waals surface area contributed by atoms with E-state index in [1.54, 1.807) is 28.8 Å². The molecule has 1 unspecified atom stereocenters. The molecule has 0 bridgehead atoms. The van der Waals surface area contributed by atoms with Gasteiger partial charge in [-0.2, -0.15) is 11.8 Å². The topological polar surface area (TPSA) is 91.7 Å². The monoisotopic (exact) mass is 415 g/mol. The van der Waals surface area contributed by atoms with Crippen LogP contribution < -0.4 is 15.5 Å². The van der Waals surface area contributed by atoms with E-state index in [2.05, 4.69) is 10.6 Å². The third-order valence-corrected chi connectivity index (χ3v) is 5.41. The summed E-state index contributed by atoms with van der Waals surface area (Å²) >= 11 is 1.61. The first kappa shape index (κ1) is 21.0. The van der Waals surface area contributed by atoms with Crippen molar-refractivity contribution in [3.8, 4) is 0 Å². The number of thioether (sulfide) groups is 1. The second-order valence-electron chi connectivity index (χ2n) is 6.82. The quantitative estimate of drug-likeness (QED) is 0.657. The Morgan fingerprint density at radius 3 is 2.66 bits per heavy atom. The van der Waals surface area contributed by atoms with E-state index in [-0.39, 0.29) is 17.6 Å². The maximum absolute atomic E-state index is 12.6. The number of amides is 3. The van der Waals surface area contributed by atoms with Crippen molar-refractivity contribution in [2.45, 2.75) is 31.8 Å². The highest BCUT2D eigenvalue weighted by molar-refractivity contribution is 7.98. The summed E-state index contributed by atoms with van der Waals surface area (Å²) in [5.74, 6) is 0.428. The van der Waals surface area contributed by atoms with Gasteiger partial charge in [0.25, 0.3) is 5.91 Å². The van der Waals surface area contributed by atoms with Crippen molar-refractivity contribution in [1.82, 2.24) is 10.6 Å². The summed E-state index contributed by atoms with van der Waals surface area (Å²) < 4.78 is 5.09. The van der Waals surface area contributed by atoms with Gasteiger partial charge >= 0.3 is 0 Å². The number of carbonyl (C=O) groups excluding carboxylic acids is 3. The minimum atomic E-state index is -0.637. The Kier molecular flexibility index (Phi) is 7.35. The van der Waals surface area contributed by atoms with Crippen molar-refractivity contribution in [3.05, 3.63) is 54.0 Å². The summed E-state index contributed by atoms with van der Waals surface area (Å²) in [5.41, 5.74) is 1.81. The zero-order valence-corrected chi connectivity index (χ0v) is 17.2. The van der Waals surface area contributed by atoms with E-state index in [4.69, 9.17) is 4.42 Å². The predicted molar refractivity (Wildman–Crippen MR) is 113 cm³/mol. The number of benzene rings is 1. The molecule has 1 aliphatic heterocycles. The molecule has 1 aromatic heterocycles. The standard InChI is InChI=1S/C21H25N3O4S/c1-29-13-10-17(23-21(27)18-4-3-12-28-18)20(26)22-14-15-6-8-16(9-7-15)24-11-2-5-19(24)25/h3-4,6-9,12,17H,2,5,10-11,13-14H2,1H3,(H,22,26)(H,23,27). The van der Waals surface area contributed by atoms with Gasteiger partial charge in [-0.3, -0.25) is 14.4 Å². The van der Waals surface area contributed by atoms with Crippen LogP contribution in [0.1, 0.15) is 35.4 Å². The molecule has 0 saturated carbocycles. The van der Waals surface area contributed by atoms with Gasteiger partial charge in [-0.15, -0.1) is 0 Å². The maximum atomic E-state index is 12.6. The van der Waals surface area contributed by atoms with Gasteiger partial charge in [0.1, 0.15) is 6.04 Å². The third kappa shape index (κ3) is 5.63. The third-order valence-electron chi connectivity index (χ3n) is 4.77. The molecule has 3 rings (SSSR count). The first-order valence-corrected chi connectivity index (χ1v) is 11.0. The Morgan fingerprint density at radius 2 is 2.03 bits per heavy atom. The molecule has 0 radical (unpaired) electrons. The number of hydrogen-bond donors (Lipinski definition) is 2. The molecule has 7 nitrogen and oxygen atoms in total. The lowest BCUT2D eigenvalue weighted by Gasteiger charge is -2.18. The number of furan rings is 1. The first-order valence-electron chi connectivity index (χ1n) is 9.59. The molecule has 1 saturated heterocycles. The molecular weight excluding hydrogens is 390 g/mol. The highest BCUT2D eigenvalue weighted by Gasteiger charge is 2.23. The van der Waals surface area contributed by atoms with Crippen LogP contribution in [0.5, 0.6) is 0 Å². The van der Waals surface area contributed by atoms with Gasteiger partial charge in [0, 0.05) is 25.2 Å². The number of rotatable bonds is 9. The highest BCUT2D eigenvalue weighted by Crippen LogP contribution is 2.21. The lowest BCUT2D eigenvalue weighted by Crippen LogP contribution is -2.46. The molecule has 1 aromatic carbocycles. The van der Waals surface area contributed by atoms with Crippen molar-refractivity contribution in [1.29, 1.82) is 0 Å². The number of nitrogens with one attached hydrogen (secondary N) is 2. The Bertz CT molecular complexity index is 836. The van der Waals surface area contributed by atoms with E-state index in [9.17, 15) is 14.4 Å². The Labute approximate surface area is 174 Å². The largest absolute Gasteiger partial charge is 0.459 e. The number of hydrogen-bond acceptors (Lipinski definition) is 5. The van der Waals surface area contributed by atoms with Crippen LogP contribution in [0.3, 0.4) is 0 Å². The van der Waals surface area contributed by atoms with E-state index in [0.29, 0.717) is 19.4 Å². The molecule has 154 valence electrons. The van der Waals surface area contributed by atoms with E-state index < -0.39 is 11.9 Å². The van der Waals surface area contributed by atoms with Crippen LogP contribution in [0.4, 0.5) is 5.69 Å². The molecule has 0 aliphatic carbocycles. The molecule has 8 heteroatoms. The summed E-state index contributed by atoms with van der Waals surface area (Å²) in [4.78, 5) is 38.5. The molecule has 2 aromatic rings. The van der Waals surface area contributed by atoms with Crippen LogP contribution in [0.15, 0.2) is 47.1 Å². The SMILES string of the molecule is CSCCC(NC(=O)c1ccco1)C(=O)NCc1ccc(N2CCCC2=O)cc1. The molecule has 29 heavy (non-hydrogen) atoms. The lowest BCUT2D eigenvalue weighted by molar-refractivity contribution is -0.123. The van der Waals surface area contributed by atoms with Gasteiger partial charge in [-0.25, -0.2) is 0 Å². The van der Waals surface area contributed by atoms with Crippen LogP contribution >= 0.6 is 11.8 Å². The van der Waals surface area contributed by atoms with Gasteiger partial charge in [-0.05, 0) is 54.7 Å². The van der Waals surface area contributed by atoms with E-state index >= 15 is 0 Å². The van der Waals surface area contributed by atoms with Gasteiger partial charge in [0.2, 0.25) is 11.8 Å². The smallest absolute Gasteiger partial charge is 0.287 e. The maximum Gasteiger partial charge on any atom is 0.287 e.